The summed E-state index contributed by atoms with van der Waals surface area (Å²) in [6.07, 6.45) is 0. The van der Waals surface area contributed by atoms with Gasteiger partial charge >= 0.3 is 0 Å². The zero-order chi connectivity index (χ0) is 39.6. The Morgan fingerprint density at radius 1 is 0.283 bits per heavy atom. The van der Waals surface area contributed by atoms with Gasteiger partial charge in [0.25, 0.3) is 0 Å². The molecular formula is C58H37NO. The third-order valence-electron chi connectivity index (χ3n) is 12.2. The second-order valence-corrected chi connectivity index (χ2v) is 15.7. The smallest absolute Gasteiger partial charge is 0.159 e. The van der Waals surface area contributed by atoms with Crippen molar-refractivity contribution >= 4 is 82.1 Å². The van der Waals surface area contributed by atoms with Gasteiger partial charge in [-0.05, 0) is 125 Å². The highest BCUT2D eigenvalue weighted by Crippen LogP contribution is 2.46. The summed E-state index contributed by atoms with van der Waals surface area (Å²) in [4.78, 5) is 2.38. The number of nitrogens with zero attached hydrogens (tertiary/aromatic N) is 1. The van der Waals surface area contributed by atoms with E-state index in [4.69, 9.17) is 4.42 Å². The van der Waals surface area contributed by atoms with Crippen LogP contribution in [-0.2, 0) is 0 Å². The van der Waals surface area contributed by atoms with Crippen LogP contribution in [0.25, 0.3) is 98.4 Å². The molecule has 11 aromatic carbocycles. The minimum absolute atomic E-state index is 0.856. The van der Waals surface area contributed by atoms with Gasteiger partial charge in [0.2, 0.25) is 0 Å². The van der Waals surface area contributed by atoms with Gasteiger partial charge in [-0.2, -0.15) is 0 Å². The van der Waals surface area contributed by atoms with Gasteiger partial charge in [0.15, 0.2) is 5.58 Å². The van der Waals surface area contributed by atoms with Crippen molar-refractivity contribution in [2.45, 2.75) is 0 Å². The first-order valence-corrected chi connectivity index (χ1v) is 20.6. The quantitative estimate of drug-likeness (QED) is 0.157. The summed E-state index contributed by atoms with van der Waals surface area (Å²) in [7, 11) is 0. The molecule has 0 atom stereocenters. The highest BCUT2D eigenvalue weighted by molar-refractivity contribution is 6.15. The van der Waals surface area contributed by atoms with Crippen molar-refractivity contribution in [3.05, 3.63) is 224 Å². The lowest BCUT2D eigenvalue weighted by Crippen LogP contribution is -2.10. The van der Waals surface area contributed by atoms with Gasteiger partial charge in [-0.25, -0.2) is 0 Å². The third kappa shape index (κ3) is 5.65. The Morgan fingerprint density at radius 2 is 0.850 bits per heavy atom. The number of rotatable bonds is 6. The average molecular weight is 764 g/mol. The van der Waals surface area contributed by atoms with Gasteiger partial charge in [0.1, 0.15) is 5.58 Å². The summed E-state index contributed by atoms with van der Waals surface area (Å²) in [6.45, 7) is 0. The van der Waals surface area contributed by atoms with Gasteiger partial charge in [-0.1, -0.05) is 176 Å². The van der Waals surface area contributed by atoms with Crippen LogP contribution < -0.4 is 4.90 Å². The highest BCUT2D eigenvalue weighted by Gasteiger charge is 2.22. The van der Waals surface area contributed by atoms with Crippen LogP contribution in [0, 0.1) is 0 Å². The van der Waals surface area contributed by atoms with E-state index >= 15 is 0 Å². The molecule has 12 rings (SSSR count). The van der Waals surface area contributed by atoms with Gasteiger partial charge < -0.3 is 9.32 Å². The first kappa shape index (κ1) is 34.1. The monoisotopic (exact) mass is 763 g/mol. The van der Waals surface area contributed by atoms with E-state index in [-0.39, 0.29) is 0 Å². The summed E-state index contributed by atoms with van der Waals surface area (Å²) < 4.78 is 6.90. The molecular weight excluding hydrogens is 727 g/mol. The molecule has 0 radical (unpaired) electrons. The Kier molecular flexibility index (Phi) is 7.89. The van der Waals surface area contributed by atoms with Gasteiger partial charge in [-0.3, -0.25) is 0 Å². The first-order chi connectivity index (χ1) is 29.7. The largest absolute Gasteiger partial charge is 0.454 e. The number of benzene rings is 11. The molecule has 2 nitrogen and oxygen atoms in total. The van der Waals surface area contributed by atoms with Crippen LogP contribution in [0.5, 0.6) is 0 Å². The van der Waals surface area contributed by atoms with E-state index in [9.17, 15) is 0 Å². The number of furan rings is 1. The van der Waals surface area contributed by atoms with Crippen LogP contribution in [0.1, 0.15) is 0 Å². The molecule has 0 fully saturated rings. The van der Waals surface area contributed by atoms with Gasteiger partial charge in [0, 0.05) is 22.1 Å². The molecule has 280 valence electrons. The third-order valence-corrected chi connectivity index (χ3v) is 12.2. The molecule has 0 unspecified atom stereocenters. The standard InChI is InChI=1S/C58H37NO/c1-2-14-39(15-3-1)54-37-47(33-44-18-6-9-23-49(44)54)59(56-27-13-26-52-55-34-42-16-4-5-17-43(42)36-57(55)60-58(52)56)46-21-12-20-41(32-46)38-28-30-40(31-29-38)53-35-45-19-7-8-22-48(45)50-24-10-11-25-51(50)53/h1-37H. The van der Waals surface area contributed by atoms with E-state index in [1.54, 1.807) is 0 Å². The summed E-state index contributed by atoms with van der Waals surface area (Å²) in [5.41, 5.74) is 11.9. The Morgan fingerprint density at radius 3 is 1.65 bits per heavy atom. The van der Waals surface area contributed by atoms with E-state index in [2.05, 4.69) is 229 Å². The molecule has 0 amide bonds. The van der Waals surface area contributed by atoms with Crippen LogP contribution in [0.15, 0.2) is 229 Å². The van der Waals surface area contributed by atoms with Crippen LogP contribution in [0.2, 0.25) is 0 Å². The molecule has 60 heavy (non-hydrogen) atoms. The molecule has 1 aromatic heterocycles. The Balaban J connectivity index is 1.04. The number of fused-ring (bicyclic) bond motifs is 8. The van der Waals surface area contributed by atoms with Crippen molar-refractivity contribution in [3.8, 4) is 33.4 Å². The zero-order valence-corrected chi connectivity index (χ0v) is 32.7. The fraction of sp³-hybridized carbons (Fsp3) is 0. The number of anilines is 3. The maximum absolute atomic E-state index is 6.90. The average Bonchev–Trinajstić information content (AvgIpc) is 3.69. The lowest BCUT2D eigenvalue weighted by Gasteiger charge is -2.27. The topological polar surface area (TPSA) is 16.4 Å². The summed E-state index contributed by atoms with van der Waals surface area (Å²) in [6, 6.07) is 81.3. The fourth-order valence-electron chi connectivity index (χ4n) is 9.31. The van der Waals surface area contributed by atoms with Crippen molar-refractivity contribution in [2.75, 3.05) is 4.90 Å². The van der Waals surface area contributed by atoms with Crippen LogP contribution in [0.3, 0.4) is 0 Å². The lowest BCUT2D eigenvalue weighted by atomic mass is 9.92. The summed E-state index contributed by atoms with van der Waals surface area (Å²) in [5.74, 6) is 0. The highest BCUT2D eigenvalue weighted by atomic mass is 16.3. The molecule has 0 spiro atoms. The van der Waals surface area contributed by atoms with Gasteiger partial charge in [-0.15, -0.1) is 0 Å². The Hall–Kier alpha value is -7.94. The van der Waals surface area contributed by atoms with E-state index in [0.717, 1.165) is 55.5 Å². The molecule has 0 saturated heterocycles. The van der Waals surface area contributed by atoms with Crippen LogP contribution in [-0.4, -0.2) is 0 Å². The fourth-order valence-corrected chi connectivity index (χ4v) is 9.31. The molecule has 0 aliphatic heterocycles. The van der Waals surface area contributed by atoms with Crippen molar-refractivity contribution in [1.82, 2.24) is 0 Å². The van der Waals surface area contributed by atoms with Gasteiger partial charge in [0.05, 0.1) is 5.69 Å². The van der Waals surface area contributed by atoms with Crippen molar-refractivity contribution in [2.24, 2.45) is 0 Å². The molecule has 0 aliphatic carbocycles. The second-order valence-electron chi connectivity index (χ2n) is 15.7. The molecule has 1 heterocycles. The minimum atomic E-state index is 0.856. The van der Waals surface area contributed by atoms with Crippen molar-refractivity contribution in [1.29, 1.82) is 0 Å². The first-order valence-electron chi connectivity index (χ1n) is 20.6. The Labute approximate surface area is 347 Å². The van der Waals surface area contributed by atoms with E-state index in [1.165, 1.54) is 60.0 Å². The molecule has 12 aromatic rings. The van der Waals surface area contributed by atoms with Crippen molar-refractivity contribution in [3.63, 3.8) is 0 Å². The van der Waals surface area contributed by atoms with E-state index in [1.807, 2.05) is 0 Å². The number of hydrogen-bond acceptors (Lipinski definition) is 2. The number of hydrogen-bond donors (Lipinski definition) is 0. The maximum atomic E-state index is 6.90. The maximum Gasteiger partial charge on any atom is 0.159 e. The summed E-state index contributed by atoms with van der Waals surface area (Å²) in [5, 5.41) is 12.0. The molecule has 0 N–H and O–H groups in total. The molecule has 0 saturated carbocycles. The second kappa shape index (κ2) is 13.9. The predicted molar refractivity (Wildman–Crippen MR) is 255 cm³/mol. The molecule has 2 heteroatoms. The van der Waals surface area contributed by atoms with E-state index in [0.29, 0.717) is 0 Å². The minimum Gasteiger partial charge on any atom is -0.454 e. The SMILES string of the molecule is c1ccc(-c2cc(N(c3cccc(-c4ccc(-c5cc6ccccc6c6ccccc56)cc4)c3)c3cccc4c3oc3cc5ccccc5cc34)cc3ccccc23)cc1. The van der Waals surface area contributed by atoms with Crippen LogP contribution in [0.4, 0.5) is 17.1 Å². The molecule has 0 bridgehead atoms. The lowest BCUT2D eigenvalue weighted by molar-refractivity contribution is 0.669. The van der Waals surface area contributed by atoms with E-state index < -0.39 is 0 Å². The zero-order valence-electron chi connectivity index (χ0n) is 32.7. The number of para-hydroxylation sites is 1. The molecule has 0 aliphatic rings. The predicted octanol–water partition coefficient (Wildman–Crippen LogP) is 16.7. The summed E-state index contributed by atoms with van der Waals surface area (Å²) >= 11 is 0. The van der Waals surface area contributed by atoms with Crippen molar-refractivity contribution < 1.29 is 4.42 Å². The van der Waals surface area contributed by atoms with Crippen LogP contribution >= 0.6 is 0 Å². The Bertz CT molecular complexity index is 3600. The normalized spacial score (nSPS) is 11.7.